The van der Waals surface area contributed by atoms with Gasteiger partial charge in [-0.05, 0) is 23.3 Å². The molecule has 6 nitrogen and oxygen atoms in total. The molecule has 24 heavy (non-hydrogen) atoms. The fourth-order valence-corrected chi connectivity index (χ4v) is 2.89. The van der Waals surface area contributed by atoms with E-state index >= 15 is 0 Å². The number of ether oxygens (including phenoxy) is 1. The number of likely N-dealkylation sites (N-methyl/N-ethyl adjacent to an activating group) is 1. The van der Waals surface area contributed by atoms with Crippen molar-refractivity contribution in [1.29, 1.82) is 0 Å². The predicted molar refractivity (Wildman–Crippen MR) is 90.0 cm³/mol. The lowest BCUT2D eigenvalue weighted by Gasteiger charge is -2.31. The van der Waals surface area contributed by atoms with E-state index in [-0.39, 0.29) is 18.2 Å². The van der Waals surface area contributed by atoms with Crippen molar-refractivity contribution in [1.82, 2.24) is 10.3 Å². The Morgan fingerprint density at radius 3 is 2.96 bits per heavy atom. The summed E-state index contributed by atoms with van der Waals surface area (Å²) in [5, 5.41) is 2.83. The minimum Gasteiger partial charge on any atom is -0.481 e. The summed E-state index contributed by atoms with van der Waals surface area (Å²) in [4.78, 5) is 30.4. The third-order valence-electron chi connectivity index (χ3n) is 4.11. The lowest BCUT2D eigenvalue weighted by Crippen LogP contribution is -2.51. The number of pyridine rings is 1. The standard InChI is InChI=1S/C18H19N3O3/c1-21-15-6-4-3-5-13(15)11-14(18(21)23)20-16(22)9-12-7-8-19-17(10-12)24-2/h3-8,10,14H,9,11H2,1-2H3,(H,20,22). The van der Waals surface area contributed by atoms with Gasteiger partial charge in [-0.15, -0.1) is 0 Å². The maximum Gasteiger partial charge on any atom is 0.249 e. The topological polar surface area (TPSA) is 71.5 Å². The Morgan fingerprint density at radius 2 is 2.17 bits per heavy atom. The van der Waals surface area contributed by atoms with Crippen LogP contribution in [-0.4, -0.2) is 37.0 Å². The smallest absolute Gasteiger partial charge is 0.249 e. The Morgan fingerprint density at radius 1 is 1.38 bits per heavy atom. The van der Waals surface area contributed by atoms with Gasteiger partial charge in [0.25, 0.3) is 0 Å². The lowest BCUT2D eigenvalue weighted by molar-refractivity contribution is -0.127. The zero-order chi connectivity index (χ0) is 17.1. The second-order valence-electron chi connectivity index (χ2n) is 5.73. The molecule has 2 amide bonds. The molecule has 0 fully saturated rings. The highest BCUT2D eigenvalue weighted by Crippen LogP contribution is 2.26. The summed E-state index contributed by atoms with van der Waals surface area (Å²) in [6, 6.07) is 10.7. The Kier molecular flexibility index (Phi) is 4.46. The van der Waals surface area contributed by atoms with Gasteiger partial charge in [0.1, 0.15) is 6.04 Å². The van der Waals surface area contributed by atoms with Gasteiger partial charge in [-0.1, -0.05) is 18.2 Å². The van der Waals surface area contributed by atoms with Crippen LogP contribution in [-0.2, 0) is 22.4 Å². The van der Waals surface area contributed by atoms with Crippen LogP contribution in [0.1, 0.15) is 11.1 Å². The highest BCUT2D eigenvalue weighted by atomic mass is 16.5. The van der Waals surface area contributed by atoms with E-state index in [0.717, 1.165) is 16.8 Å². The van der Waals surface area contributed by atoms with E-state index in [1.807, 2.05) is 24.3 Å². The van der Waals surface area contributed by atoms with Crippen LogP contribution in [0.4, 0.5) is 5.69 Å². The van der Waals surface area contributed by atoms with Gasteiger partial charge in [-0.25, -0.2) is 4.98 Å². The lowest BCUT2D eigenvalue weighted by atomic mass is 9.97. The van der Waals surface area contributed by atoms with Crippen molar-refractivity contribution in [3.63, 3.8) is 0 Å². The number of hydrogen-bond acceptors (Lipinski definition) is 4. The minimum absolute atomic E-state index is 0.102. The number of aromatic nitrogens is 1. The summed E-state index contributed by atoms with van der Waals surface area (Å²) in [6.45, 7) is 0. The van der Waals surface area contributed by atoms with E-state index < -0.39 is 6.04 Å². The first-order valence-electron chi connectivity index (χ1n) is 7.72. The van der Waals surface area contributed by atoms with E-state index in [0.29, 0.717) is 12.3 Å². The first kappa shape index (κ1) is 16.0. The third-order valence-corrected chi connectivity index (χ3v) is 4.11. The molecule has 1 atom stereocenters. The molecule has 1 unspecified atom stereocenters. The third kappa shape index (κ3) is 3.22. The number of fused-ring (bicyclic) bond motifs is 1. The molecule has 2 aromatic rings. The zero-order valence-corrected chi connectivity index (χ0v) is 13.7. The summed E-state index contributed by atoms with van der Waals surface area (Å²) in [5.41, 5.74) is 2.73. The molecule has 6 heteroatoms. The molecule has 0 aliphatic carbocycles. The molecule has 1 aliphatic heterocycles. The molecule has 1 N–H and O–H groups in total. The van der Waals surface area contributed by atoms with Crippen molar-refractivity contribution in [3.8, 4) is 5.88 Å². The number of nitrogens with one attached hydrogen (secondary N) is 1. The normalized spacial score (nSPS) is 16.5. The minimum atomic E-state index is -0.541. The van der Waals surface area contributed by atoms with E-state index in [1.165, 1.54) is 7.11 Å². The van der Waals surface area contributed by atoms with Crippen LogP contribution < -0.4 is 15.0 Å². The van der Waals surface area contributed by atoms with Crippen molar-refractivity contribution in [2.45, 2.75) is 18.9 Å². The fraction of sp³-hybridized carbons (Fsp3) is 0.278. The Bertz CT molecular complexity index is 776. The number of para-hydroxylation sites is 1. The van der Waals surface area contributed by atoms with Gasteiger partial charge in [0.15, 0.2) is 0 Å². The monoisotopic (exact) mass is 325 g/mol. The average molecular weight is 325 g/mol. The van der Waals surface area contributed by atoms with Crippen LogP contribution >= 0.6 is 0 Å². The number of carbonyl (C=O) groups excluding carboxylic acids is 2. The van der Waals surface area contributed by atoms with Crippen molar-refractivity contribution < 1.29 is 14.3 Å². The summed E-state index contributed by atoms with van der Waals surface area (Å²) in [5.74, 6) is 0.159. The van der Waals surface area contributed by atoms with Crippen molar-refractivity contribution in [2.24, 2.45) is 0 Å². The van der Waals surface area contributed by atoms with E-state index in [2.05, 4.69) is 10.3 Å². The molecule has 0 radical (unpaired) electrons. The van der Waals surface area contributed by atoms with E-state index in [1.54, 1.807) is 30.3 Å². The molecule has 0 saturated heterocycles. The van der Waals surface area contributed by atoms with Gasteiger partial charge >= 0.3 is 0 Å². The van der Waals surface area contributed by atoms with Gasteiger partial charge in [-0.3, -0.25) is 9.59 Å². The van der Waals surface area contributed by atoms with Crippen molar-refractivity contribution in [3.05, 3.63) is 53.7 Å². The Balaban J connectivity index is 1.69. The number of hydrogen-bond donors (Lipinski definition) is 1. The van der Waals surface area contributed by atoms with Crippen molar-refractivity contribution in [2.75, 3.05) is 19.1 Å². The second-order valence-corrected chi connectivity index (χ2v) is 5.73. The van der Waals surface area contributed by atoms with E-state index in [4.69, 9.17) is 4.74 Å². The quantitative estimate of drug-likeness (QED) is 0.921. The highest BCUT2D eigenvalue weighted by Gasteiger charge is 2.31. The van der Waals surface area contributed by atoms with Crippen LogP contribution in [0.25, 0.3) is 0 Å². The number of rotatable bonds is 4. The van der Waals surface area contributed by atoms with Gasteiger partial charge in [-0.2, -0.15) is 0 Å². The Hall–Kier alpha value is -2.89. The summed E-state index contributed by atoms with van der Waals surface area (Å²) < 4.78 is 5.05. The SMILES string of the molecule is COc1cc(CC(=O)NC2Cc3ccccc3N(C)C2=O)ccn1. The van der Waals surface area contributed by atoms with Gasteiger partial charge in [0.05, 0.1) is 13.5 Å². The highest BCUT2D eigenvalue weighted by molar-refractivity contribution is 6.01. The summed E-state index contributed by atoms with van der Waals surface area (Å²) >= 11 is 0. The average Bonchev–Trinajstić information content (AvgIpc) is 2.59. The number of carbonyl (C=O) groups is 2. The van der Waals surface area contributed by atoms with Crippen LogP contribution in [0.3, 0.4) is 0 Å². The Labute approximate surface area is 140 Å². The van der Waals surface area contributed by atoms with Crippen LogP contribution in [0.5, 0.6) is 5.88 Å². The van der Waals surface area contributed by atoms with E-state index in [9.17, 15) is 9.59 Å². The predicted octanol–water partition coefficient (Wildman–Crippen LogP) is 1.34. The molecule has 1 aliphatic rings. The fourth-order valence-electron chi connectivity index (χ4n) is 2.89. The van der Waals surface area contributed by atoms with Gasteiger partial charge in [0, 0.05) is 31.4 Å². The first-order valence-corrected chi connectivity index (χ1v) is 7.72. The zero-order valence-electron chi connectivity index (χ0n) is 13.7. The molecule has 0 bridgehead atoms. The molecular formula is C18H19N3O3. The maximum absolute atomic E-state index is 12.5. The van der Waals surface area contributed by atoms with Crippen LogP contribution in [0.15, 0.2) is 42.6 Å². The maximum atomic E-state index is 12.5. The first-order chi connectivity index (χ1) is 11.6. The second kappa shape index (κ2) is 6.70. The van der Waals surface area contributed by atoms with Crippen molar-refractivity contribution >= 4 is 17.5 Å². The molecule has 0 spiro atoms. The molecule has 1 aromatic carbocycles. The molecular weight excluding hydrogens is 306 g/mol. The molecule has 1 aromatic heterocycles. The molecule has 0 saturated carbocycles. The molecule has 3 rings (SSSR count). The number of amides is 2. The number of anilines is 1. The van der Waals surface area contributed by atoms with Gasteiger partial charge < -0.3 is 15.0 Å². The number of nitrogens with zero attached hydrogens (tertiary/aromatic N) is 2. The van der Waals surface area contributed by atoms with Crippen LogP contribution in [0.2, 0.25) is 0 Å². The summed E-state index contributed by atoms with van der Waals surface area (Å²) in [6.07, 6.45) is 2.27. The number of benzene rings is 1. The van der Waals surface area contributed by atoms with Gasteiger partial charge in [0.2, 0.25) is 17.7 Å². The molecule has 124 valence electrons. The molecule has 2 heterocycles. The number of methoxy groups -OCH3 is 1. The largest absolute Gasteiger partial charge is 0.481 e. The summed E-state index contributed by atoms with van der Waals surface area (Å²) in [7, 11) is 3.26. The van der Waals surface area contributed by atoms with Crippen LogP contribution in [0, 0.1) is 0 Å².